The lowest BCUT2D eigenvalue weighted by Gasteiger charge is -2.17. The van der Waals surface area contributed by atoms with Crippen molar-refractivity contribution in [2.75, 3.05) is 39.1 Å². The highest BCUT2D eigenvalue weighted by molar-refractivity contribution is 8.00. The zero-order valence-corrected chi connectivity index (χ0v) is 31.4. The number of ether oxygens (including phenoxy) is 4. The minimum absolute atomic E-state index is 0.0225. The van der Waals surface area contributed by atoms with Gasteiger partial charge in [-0.25, -0.2) is 4.98 Å². The molecule has 1 heterocycles. The van der Waals surface area contributed by atoms with E-state index in [-0.39, 0.29) is 11.6 Å². The largest absolute Gasteiger partial charge is 0.497 e. The maximum atomic E-state index is 13.8. The van der Waals surface area contributed by atoms with Gasteiger partial charge in [0.2, 0.25) is 11.7 Å². The van der Waals surface area contributed by atoms with Gasteiger partial charge >= 0.3 is 0 Å². The Balaban J connectivity index is 1.22. The van der Waals surface area contributed by atoms with Crippen LogP contribution in [0.3, 0.4) is 0 Å². The zero-order chi connectivity index (χ0) is 38.0. The Hall–Kier alpha value is -6.31. The van der Waals surface area contributed by atoms with E-state index in [1.54, 1.807) is 61.7 Å². The van der Waals surface area contributed by atoms with Crippen LogP contribution in [0, 0.1) is 0 Å². The molecule has 13 heteroatoms. The molecule has 0 saturated heterocycles. The number of hydrogen-bond donors (Lipinski definition) is 3. The molecule has 0 radical (unpaired) electrons. The van der Waals surface area contributed by atoms with Crippen molar-refractivity contribution in [1.82, 2.24) is 10.3 Å². The SMILES string of the molecule is COc1ccc2nc(NC(=O)C(Sc3ccc(NC(=O)/C(=C/c4cc(OC)c(OC)c(OC)c4)NC(=O)c4ccccc4)cc3)c3ccccc3)sc2c1. The van der Waals surface area contributed by atoms with Crippen molar-refractivity contribution in [2.45, 2.75) is 10.1 Å². The maximum absolute atomic E-state index is 13.8. The van der Waals surface area contributed by atoms with Gasteiger partial charge in [-0.15, -0.1) is 11.8 Å². The van der Waals surface area contributed by atoms with E-state index in [0.717, 1.165) is 20.7 Å². The van der Waals surface area contributed by atoms with Crippen molar-refractivity contribution in [3.8, 4) is 23.0 Å². The van der Waals surface area contributed by atoms with E-state index in [0.29, 0.717) is 44.9 Å². The molecule has 1 unspecified atom stereocenters. The average Bonchev–Trinajstić information content (AvgIpc) is 3.61. The number of thiazole rings is 1. The molecule has 1 aromatic heterocycles. The van der Waals surface area contributed by atoms with E-state index in [1.165, 1.54) is 50.5 Å². The van der Waals surface area contributed by atoms with Crippen LogP contribution in [0.15, 0.2) is 126 Å². The lowest BCUT2D eigenvalue weighted by atomic mass is 10.1. The summed E-state index contributed by atoms with van der Waals surface area (Å²) in [5.41, 5.74) is 2.92. The Bertz CT molecular complexity index is 2270. The molecule has 3 amide bonds. The van der Waals surface area contributed by atoms with Crippen molar-refractivity contribution in [3.05, 3.63) is 138 Å². The van der Waals surface area contributed by atoms with Crippen LogP contribution in [0.1, 0.15) is 26.7 Å². The summed E-state index contributed by atoms with van der Waals surface area (Å²) >= 11 is 2.73. The molecule has 0 aliphatic carbocycles. The number of aromatic nitrogens is 1. The number of methoxy groups -OCH3 is 4. The number of fused-ring (bicyclic) bond motifs is 1. The smallest absolute Gasteiger partial charge is 0.272 e. The highest BCUT2D eigenvalue weighted by Gasteiger charge is 2.24. The third-order valence-electron chi connectivity index (χ3n) is 8.06. The zero-order valence-electron chi connectivity index (χ0n) is 29.7. The first kappa shape index (κ1) is 37.4. The third kappa shape index (κ3) is 9.00. The van der Waals surface area contributed by atoms with E-state index in [9.17, 15) is 14.4 Å². The van der Waals surface area contributed by atoms with Crippen LogP contribution in [0.25, 0.3) is 16.3 Å². The van der Waals surface area contributed by atoms with Crippen LogP contribution >= 0.6 is 23.1 Å². The second-order valence-electron chi connectivity index (χ2n) is 11.6. The van der Waals surface area contributed by atoms with Gasteiger partial charge in [0, 0.05) is 16.1 Å². The van der Waals surface area contributed by atoms with E-state index in [4.69, 9.17) is 18.9 Å². The number of amides is 3. The molecule has 1 atom stereocenters. The van der Waals surface area contributed by atoms with Crippen molar-refractivity contribution in [3.63, 3.8) is 0 Å². The molecule has 5 aromatic carbocycles. The number of anilines is 2. The second kappa shape index (κ2) is 17.5. The fourth-order valence-electron chi connectivity index (χ4n) is 5.40. The van der Waals surface area contributed by atoms with Gasteiger partial charge in [0.25, 0.3) is 11.8 Å². The fourth-order valence-corrected chi connectivity index (χ4v) is 7.32. The van der Waals surface area contributed by atoms with Gasteiger partial charge in [0.1, 0.15) is 16.7 Å². The number of nitrogens with one attached hydrogen (secondary N) is 3. The molecule has 0 aliphatic rings. The number of nitrogens with zero attached hydrogens (tertiary/aromatic N) is 1. The molecule has 274 valence electrons. The minimum Gasteiger partial charge on any atom is -0.497 e. The summed E-state index contributed by atoms with van der Waals surface area (Å²) in [7, 11) is 6.09. The van der Waals surface area contributed by atoms with Crippen LogP contribution in [-0.4, -0.2) is 51.1 Å². The molecule has 3 N–H and O–H groups in total. The summed E-state index contributed by atoms with van der Waals surface area (Å²) < 4.78 is 22.6. The molecule has 0 fully saturated rings. The topological polar surface area (TPSA) is 137 Å². The fraction of sp³-hybridized carbons (Fsp3) is 0.122. The number of thioether (sulfide) groups is 1. The quantitative estimate of drug-likeness (QED) is 0.0741. The summed E-state index contributed by atoms with van der Waals surface area (Å²) in [5.74, 6) is 0.603. The van der Waals surface area contributed by atoms with E-state index >= 15 is 0 Å². The van der Waals surface area contributed by atoms with E-state index in [2.05, 4.69) is 20.9 Å². The number of benzene rings is 5. The molecular formula is C41H36N4O7S2. The highest BCUT2D eigenvalue weighted by atomic mass is 32.2. The standard InChI is InChI=1S/C41H36N4O7S2/c1-49-29-17-20-31-35(24-29)54-41(44-31)45-40(48)37(26-11-7-5-8-12-26)53-30-18-15-28(16-19-30)42-39(47)32(43-38(46)27-13-9-6-10-14-27)21-25-22-33(50-2)36(52-4)34(23-25)51-3/h5-24,37H,1-4H3,(H,42,47)(H,43,46)(H,44,45,48)/b32-21-. The summed E-state index contributed by atoms with van der Waals surface area (Å²) in [6, 6.07) is 34.1. The first-order chi connectivity index (χ1) is 26.3. The van der Waals surface area contributed by atoms with Gasteiger partial charge in [-0.3, -0.25) is 14.4 Å². The Morgan fingerprint density at radius 1 is 0.741 bits per heavy atom. The summed E-state index contributed by atoms with van der Waals surface area (Å²) in [6.45, 7) is 0. The first-order valence-corrected chi connectivity index (χ1v) is 18.2. The number of carbonyl (C=O) groups excluding carboxylic acids is 3. The normalized spacial score (nSPS) is 11.7. The molecule has 0 bridgehead atoms. The van der Waals surface area contributed by atoms with Crippen LogP contribution < -0.4 is 34.9 Å². The molecule has 11 nitrogen and oxygen atoms in total. The van der Waals surface area contributed by atoms with Gasteiger partial charge in [-0.05, 0) is 83.9 Å². The minimum atomic E-state index is -0.602. The monoisotopic (exact) mass is 760 g/mol. The average molecular weight is 761 g/mol. The van der Waals surface area contributed by atoms with Crippen molar-refractivity contribution in [2.24, 2.45) is 0 Å². The number of hydrogen-bond acceptors (Lipinski definition) is 10. The summed E-state index contributed by atoms with van der Waals surface area (Å²) in [4.78, 5) is 46.1. The molecule has 0 spiro atoms. The van der Waals surface area contributed by atoms with Crippen LogP contribution in [0.4, 0.5) is 10.8 Å². The third-order valence-corrected chi connectivity index (χ3v) is 10.3. The molecule has 0 saturated carbocycles. The predicted octanol–water partition coefficient (Wildman–Crippen LogP) is 8.21. The summed E-state index contributed by atoms with van der Waals surface area (Å²) in [5, 5.41) is 8.49. The molecule has 0 aliphatic heterocycles. The predicted molar refractivity (Wildman–Crippen MR) is 213 cm³/mol. The van der Waals surface area contributed by atoms with Crippen molar-refractivity contribution >= 4 is 67.9 Å². The molecular weight excluding hydrogens is 725 g/mol. The van der Waals surface area contributed by atoms with Crippen molar-refractivity contribution < 1.29 is 33.3 Å². The van der Waals surface area contributed by atoms with Gasteiger partial charge < -0.3 is 34.9 Å². The number of carbonyl (C=O) groups is 3. The molecule has 54 heavy (non-hydrogen) atoms. The Kier molecular flexibility index (Phi) is 12.1. The summed E-state index contributed by atoms with van der Waals surface area (Å²) in [6.07, 6.45) is 1.52. The lowest BCUT2D eigenvalue weighted by Crippen LogP contribution is -2.30. The van der Waals surface area contributed by atoms with Crippen LogP contribution in [0.5, 0.6) is 23.0 Å². The van der Waals surface area contributed by atoms with Crippen LogP contribution in [0.2, 0.25) is 0 Å². The van der Waals surface area contributed by atoms with Gasteiger partial charge in [-0.2, -0.15) is 0 Å². The number of rotatable bonds is 14. The van der Waals surface area contributed by atoms with Crippen LogP contribution in [-0.2, 0) is 9.59 Å². The van der Waals surface area contributed by atoms with Gasteiger partial charge in [0.05, 0.1) is 38.7 Å². The first-order valence-electron chi connectivity index (χ1n) is 16.5. The van der Waals surface area contributed by atoms with Gasteiger partial charge in [0.15, 0.2) is 16.6 Å². The van der Waals surface area contributed by atoms with Gasteiger partial charge in [-0.1, -0.05) is 59.9 Å². The lowest BCUT2D eigenvalue weighted by molar-refractivity contribution is -0.116. The highest BCUT2D eigenvalue weighted by Crippen LogP contribution is 2.40. The molecule has 6 aromatic rings. The van der Waals surface area contributed by atoms with E-state index in [1.807, 2.05) is 60.7 Å². The van der Waals surface area contributed by atoms with Crippen molar-refractivity contribution in [1.29, 1.82) is 0 Å². The Labute approximate surface area is 320 Å². The second-order valence-corrected chi connectivity index (χ2v) is 13.8. The van der Waals surface area contributed by atoms with E-state index < -0.39 is 17.1 Å². The Morgan fingerprint density at radius 3 is 2.04 bits per heavy atom. The molecule has 6 rings (SSSR count). The maximum Gasteiger partial charge on any atom is 0.272 e. The Morgan fingerprint density at radius 2 is 1.41 bits per heavy atom.